The molecule has 4 rings (SSSR count). The first kappa shape index (κ1) is 18.8. The van der Waals surface area contributed by atoms with Crippen molar-refractivity contribution in [2.45, 2.75) is 25.3 Å². The highest BCUT2D eigenvalue weighted by atomic mass is 16.5. The van der Waals surface area contributed by atoms with Gasteiger partial charge in [0.15, 0.2) is 0 Å². The number of hydrogen-bond acceptors (Lipinski definition) is 4. The second-order valence-electron chi connectivity index (χ2n) is 7.66. The van der Waals surface area contributed by atoms with E-state index in [0.717, 1.165) is 51.3 Å². The van der Waals surface area contributed by atoms with E-state index in [4.69, 9.17) is 4.74 Å². The first-order chi connectivity index (χ1) is 13.8. The predicted molar refractivity (Wildman–Crippen MR) is 112 cm³/mol. The third kappa shape index (κ3) is 4.84. The number of hydrogen-bond donors (Lipinski definition) is 1. The Morgan fingerprint density at radius 2 is 1.75 bits per heavy atom. The van der Waals surface area contributed by atoms with Crippen LogP contribution in [0.3, 0.4) is 0 Å². The van der Waals surface area contributed by atoms with Gasteiger partial charge in [0.2, 0.25) is 5.91 Å². The minimum Gasteiger partial charge on any atom is -0.491 e. The van der Waals surface area contributed by atoms with Gasteiger partial charge in [0.05, 0.1) is 6.04 Å². The summed E-state index contributed by atoms with van der Waals surface area (Å²) in [6.45, 7) is 5.77. The molecule has 5 nitrogen and oxygen atoms in total. The molecule has 148 valence electrons. The molecular formula is C23H29N3O2. The van der Waals surface area contributed by atoms with Crippen molar-refractivity contribution in [1.29, 1.82) is 0 Å². The van der Waals surface area contributed by atoms with Crippen LogP contribution in [-0.4, -0.2) is 56.2 Å². The summed E-state index contributed by atoms with van der Waals surface area (Å²) in [6, 6.07) is 18.7. The van der Waals surface area contributed by atoms with Crippen molar-refractivity contribution in [3.8, 4) is 5.75 Å². The SMILES string of the molecule is O=C(CCCN1CCN(c2ccccc2)CC1)N[C@H]1COc2ccccc2C1. The second kappa shape index (κ2) is 9.11. The van der Waals surface area contributed by atoms with Crippen LogP contribution in [-0.2, 0) is 11.2 Å². The van der Waals surface area contributed by atoms with Crippen LogP contribution in [0.2, 0.25) is 0 Å². The molecule has 2 heterocycles. The van der Waals surface area contributed by atoms with Gasteiger partial charge >= 0.3 is 0 Å². The minimum absolute atomic E-state index is 0.0804. The number of amides is 1. The number of rotatable bonds is 6. The first-order valence-electron chi connectivity index (χ1n) is 10.3. The summed E-state index contributed by atoms with van der Waals surface area (Å²) in [4.78, 5) is 17.2. The Kier molecular flexibility index (Phi) is 6.12. The summed E-state index contributed by atoms with van der Waals surface area (Å²) < 4.78 is 5.76. The average Bonchev–Trinajstić information content (AvgIpc) is 2.75. The number of nitrogens with zero attached hydrogens (tertiary/aromatic N) is 2. The summed E-state index contributed by atoms with van der Waals surface area (Å²) in [7, 11) is 0. The number of piperazine rings is 1. The smallest absolute Gasteiger partial charge is 0.220 e. The Balaban J connectivity index is 1.14. The Morgan fingerprint density at radius 3 is 2.57 bits per heavy atom. The van der Waals surface area contributed by atoms with Crippen molar-refractivity contribution in [2.24, 2.45) is 0 Å². The van der Waals surface area contributed by atoms with Gasteiger partial charge in [-0.05, 0) is 43.1 Å². The fraction of sp³-hybridized carbons (Fsp3) is 0.435. The predicted octanol–water partition coefficient (Wildman–Crippen LogP) is 2.71. The van der Waals surface area contributed by atoms with E-state index in [1.165, 1.54) is 11.3 Å². The summed E-state index contributed by atoms with van der Waals surface area (Å²) in [6.07, 6.45) is 2.34. The maximum absolute atomic E-state index is 12.3. The molecule has 28 heavy (non-hydrogen) atoms. The van der Waals surface area contributed by atoms with E-state index < -0.39 is 0 Å². The van der Waals surface area contributed by atoms with Crippen LogP contribution in [0.15, 0.2) is 54.6 Å². The highest BCUT2D eigenvalue weighted by Gasteiger charge is 2.21. The van der Waals surface area contributed by atoms with Crippen molar-refractivity contribution in [3.05, 3.63) is 60.2 Å². The average molecular weight is 380 g/mol. The Bertz CT molecular complexity index is 772. The monoisotopic (exact) mass is 379 g/mol. The van der Waals surface area contributed by atoms with Gasteiger partial charge in [-0.1, -0.05) is 36.4 Å². The van der Waals surface area contributed by atoms with Crippen LogP contribution in [0.4, 0.5) is 5.69 Å². The van der Waals surface area contributed by atoms with E-state index in [0.29, 0.717) is 13.0 Å². The molecule has 0 spiro atoms. The molecule has 0 aromatic heterocycles. The summed E-state index contributed by atoms with van der Waals surface area (Å²) >= 11 is 0. The molecule has 1 amide bonds. The Labute approximate surface area is 167 Å². The third-order valence-corrected chi connectivity index (χ3v) is 5.62. The third-order valence-electron chi connectivity index (χ3n) is 5.62. The van der Waals surface area contributed by atoms with Gasteiger partial charge < -0.3 is 15.0 Å². The fourth-order valence-corrected chi connectivity index (χ4v) is 4.05. The molecule has 5 heteroatoms. The quantitative estimate of drug-likeness (QED) is 0.838. The van der Waals surface area contributed by atoms with E-state index >= 15 is 0 Å². The lowest BCUT2D eigenvalue weighted by Crippen LogP contribution is -2.47. The van der Waals surface area contributed by atoms with E-state index in [9.17, 15) is 4.79 Å². The van der Waals surface area contributed by atoms with Gasteiger partial charge in [0.25, 0.3) is 0 Å². The highest BCUT2D eigenvalue weighted by molar-refractivity contribution is 5.76. The number of nitrogens with one attached hydrogen (secondary N) is 1. The lowest BCUT2D eigenvalue weighted by atomic mass is 10.0. The molecule has 2 aliphatic heterocycles. The normalized spacial score (nSPS) is 19.6. The van der Waals surface area contributed by atoms with Crippen LogP contribution >= 0.6 is 0 Å². The Morgan fingerprint density at radius 1 is 1.00 bits per heavy atom. The molecule has 0 aliphatic carbocycles. The van der Waals surface area contributed by atoms with Crippen molar-refractivity contribution >= 4 is 11.6 Å². The number of carbonyl (C=O) groups is 1. The van der Waals surface area contributed by atoms with Crippen molar-refractivity contribution in [1.82, 2.24) is 10.2 Å². The molecule has 0 bridgehead atoms. The lowest BCUT2D eigenvalue weighted by molar-refractivity contribution is -0.122. The van der Waals surface area contributed by atoms with E-state index in [1.54, 1.807) is 0 Å². The molecular weight excluding hydrogens is 350 g/mol. The van der Waals surface area contributed by atoms with Crippen molar-refractivity contribution in [3.63, 3.8) is 0 Å². The fourth-order valence-electron chi connectivity index (χ4n) is 4.05. The summed E-state index contributed by atoms with van der Waals surface area (Å²) in [5.74, 6) is 1.08. The lowest BCUT2D eigenvalue weighted by Gasteiger charge is -2.36. The number of ether oxygens (including phenoxy) is 1. The standard InChI is InChI=1S/C23H29N3O2/c27-23(24-20-17-19-7-4-5-10-22(19)28-18-20)11-6-12-25-13-15-26(16-14-25)21-8-2-1-3-9-21/h1-5,7-10,20H,6,11-18H2,(H,24,27)/t20-/m1/s1. The van der Waals surface area contributed by atoms with Gasteiger partial charge in [0, 0.05) is 38.3 Å². The number of anilines is 1. The van der Waals surface area contributed by atoms with E-state index in [1.807, 2.05) is 18.2 Å². The maximum Gasteiger partial charge on any atom is 0.220 e. The zero-order valence-corrected chi connectivity index (χ0v) is 16.3. The molecule has 2 aromatic carbocycles. The van der Waals surface area contributed by atoms with Crippen molar-refractivity contribution in [2.75, 3.05) is 44.2 Å². The van der Waals surface area contributed by atoms with Crippen LogP contribution in [0.1, 0.15) is 18.4 Å². The number of para-hydroxylation sites is 2. The van der Waals surface area contributed by atoms with E-state index in [2.05, 4.69) is 51.5 Å². The molecule has 0 saturated carbocycles. The zero-order valence-electron chi connectivity index (χ0n) is 16.3. The maximum atomic E-state index is 12.3. The van der Waals surface area contributed by atoms with Crippen LogP contribution in [0.5, 0.6) is 5.75 Å². The van der Waals surface area contributed by atoms with Gasteiger partial charge in [-0.2, -0.15) is 0 Å². The van der Waals surface area contributed by atoms with E-state index in [-0.39, 0.29) is 11.9 Å². The van der Waals surface area contributed by atoms with Crippen LogP contribution in [0, 0.1) is 0 Å². The second-order valence-corrected chi connectivity index (χ2v) is 7.66. The van der Waals surface area contributed by atoms with Gasteiger partial charge in [-0.25, -0.2) is 0 Å². The minimum atomic E-state index is 0.0804. The summed E-state index contributed by atoms with van der Waals surface area (Å²) in [5.41, 5.74) is 2.48. The first-order valence-corrected chi connectivity index (χ1v) is 10.3. The Hall–Kier alpha value is -2.53. The number of benzene rings is 2. The molecule has 2 aromatic rings. The van der Waals surface area contributed by atoms with Gasteiger partial charge in [-0.15, -0.1) is 0 Å². The van der Waals surface area contributed by atoms with Crippen molar-refractivity contribution < 1.29 is 9.53 Å². The van der Waals surface area contributed by atoms with Gasteiger partial charge in [-0.3, -0.25) is 9.69 Å². The molecule has 1 N–H and O–H groups in total. The van der Waals surface area contributed by atoms with Gasteiger partial charge in [0.1, 0.15) is 12.4 Å². The summed E-state index contributed by atoms with van der Waals surface area (Å²) in [5, 5.41) is 3.14. The molecule has 0 unspecified atom stereocenters. The number of carbonyl (C=O) groups excluding carboxylic acids is 1. The highest BCUT2D eigenvalue weighted by Crippen LogP contribution is 2.24. The molecule has 0 radical (unpaired) electrons. The van der Waals surface area contributed by atoms with Crippen LogP contribution < -0.4 is 15.0 Å². The molecule has 1 saturated heterocycles. The molecule has 2 aliphatic rings. The molecule has 1 fully saturated rings. The topological polar surface area (TPSA) is 44.8 Å². The van der Waals surface area contributed by atoms with Crippen LogP contribution in [0.25, 0.3) is 0 Å². The largest absolute Gasteiger partial charge is 0.491 e. The molecule has 1 atom stereocenters. The number of fused-ring (bicyclic) bond motifs is 1. The zero-order chi connectivity index (χ0) is 19.2.